The minimum absolute atomic E-state index is 0.0297. The molecule has 1 spiro atoms. The quantitative estimate of drug-likeness (QED) is 0.232. The fourth-order valence-corrected chi connectivity index (χ4v) is 9.74. The van der Waals surface area contributed by atoms with E-state index in [1.54, 1.807) is 6.07 Å². The number of aliphatic carboxylic acids is 1. The number of rotatable bonds is 9. The summed E-state index contributed by atoms with van der Waals surface area (Å²) >= 11 is 0. The molecular formula is C39H38O11. The average molecular weight is 683 g/mol. The highest BCUT2D eigenvalue weighted by Crippen LogP contribution is 2.68. The summed E-state index contributed by atoms with van der Waals surface area (Å²) in [6.07, 6.45) is 4.79. The molecular weight excluding hydrogens is 644 g/mol. The van der Waals surface area contributed by atoms with Crippen molar-refractivity contribution in [3.05, 3.63) is 58.7 Å². The second-order valence-electron chi connectivity index (χ2n) is 14.7. The van der Waals surface area contributed by atoms with Crippen LogP contribution in [0.1, 0.15) is 81.0 Å². The van der Waals surface area contributed by atoms with Crippen LogP contribution in [0.5, 0.6) is 23.0 Å². The van der Waals surface area contributed by atoms with Gasteiger partial charge in [-0.1, -0.05) is 18.9 Å². The van der Waals surface area contributed by atoms with E-state index in [1.807, 2.05) is 6.07 Å². The van der Waals surface area contributed by atoms with Crippen LogP contribution in [0.4, 0.5) is 0 Å². The zero-order valence-corrected chi connectivity index (χ0v) is 27.9. The van der Waals surface area contributed by atoms with E-state index in [0.29, 0.717) is 47.3 Å². The second-order valence-corrected chi connectivity index (χ2v) is 14.7. The molecule has 3 fully saturated rings. The molecule has 11 nitrogen and oxygen atoms in total. The standard InChI is InChI=1S/C39H38O11/c1-19(40)47-27-12-24-13-28(48-20(2)41)15-26(34(24)25(14-27)17-32(43)44)18-33(45)49-31-6-5-23-16-29-22(11-21-3-4-21)7-9-38-35(23)36(31)50-37(38)30(42)8-10-39(29,38)46/h5-6,12-15,21-22,29,37,46H,3-4,7-11,16-18H2,1-2H3,(H,43,44)/t22?,29-,37-,38-,39+/m0/s1. The third-order valence-electron chi connectivity index (χ3n) is 11.6. The first-order valence-corrected chi connectivity index (χ1v) is 17.3. The number of ketones is 1. The van der Waals surface area contributed by atoms with E-state index in [0.717, 1.165) is 29.9 Å². The second kappa shape index (κ2) is 11.7. The SMILES string of the molecule is CC(=O)Oc1cc(CC(=O)O)c2c(CC(=O)Oc3ccc4c5c3O[C@H]3C(=O)CC[C@@]6(O)[C@@H](C4)C(CC4CC4)CC[C@]536)cc(OC(C)=O)cc2c1. The Balaban J connectivity index is 1.16. The van der Waals surface area contributed by atoms with Gasteiger partial charge in [-0.3, -0.25) is 24.0 Å². The van der Waals surface area contributed by atoms with Crippen molar-refractivity contribution in [1.29, 1.82) is 0 Å². The summed E-state index contributed by atoms with van der Waals surface area (Å²) < 4.78 is 23.0. The fourth-order valence-electron chi connectivity index (χ4n) is 9.74. The van der Waals surface area contributed by atoms with E-state index in [-0.39, 0.29) is 47.4 Å². The van der Waals surface area contributed by atoms with Gasteiger partial charge in [-0.15, -0.1) is 0 Å². The number of fused-ring (bicyclic) bond motifs is 1. The molecule has 0 radical (unpaired) electrons. The van der Waals surface area contributed by atoms with Gasteiger partial charge in [-0.05, 0) is 108 Å². The lowest BCUT2D eigenvalue weighted by Gasteiger charge is -2.61. The zero-order valence-electron chi connectivity index (χ0n) is 27.9. The Bertz CT molecular complexity index is 2010. The lowest BCUT2D eigenvalue weighted by Crippen LogP contribution is -2.71. The van der Waals surface area contributed by atoms with Crippen molar-refractivity contribution in [2.45, 2.75) is 95.2 Å². The molecule has 3 saturated carbocycles. The van der Waals surface area contributed by atoms with Gasteiger partial charge in [-0.2, -0.15) is 0 Å². The highest BCUT2D eigenvalue weighted by molar-refractivity contribution is 5.97. The summed E-state index contributed by atoms with van der Waals surface area (Å²) in [5.74, 6) is -1.29. The molecule has 260 valence electrons. The third kappa shape index (κ3) is 5.16. The normalized spacial score (nSPS) is 27.3. The number of ether oxygens (including phenoxy) is 4. The van der Waals surface area contributed by atoms with Crippen LogP contribution in [0.3, 0.4) is 0 Å². The lowest BCUT2D eigenvalue weighted by molar-refractivity contribution is -0.189. The summed E-state index contributed by atoms with van der Waals surface area (Å²) in [7, 11) is 0. The lowest BCUT2D eigenvalue weighted by atomic mass is 9.43. The molecule has 3 aromatic carbocycles. The summed E-state index contributed by atoms with van der Waals surface area (Å²) in [4.78, 5) is 62.8. The highest BCUT2D eigenvalue weighted by atomic mass is 16.6. The van der Waals surface area contributed by atoms with E-state index < -0.39 is 47.4 Å². The maximum Gasteiger partial charge on any atom is 0.315 e. The number of carbonyl (C=O) groups is 5. The van der Waals surface area contributed by atoms with Gasteiger partial charge in [0.1, 0.15) is 11.5 Å². The molecule has 4 aliphatic carbocycles. The Morgan fingerprint density at radius 3 is 2.22 bits per heavy atom. The summed E-state index contributed by atoms with van der Waals surface area (Å²) in [6.45, 7) is 2.45. The van der Waals surface area contributed by atoms with Gasteiger partial charge in [0.15, 0.2) is 23.4 Å². The molecule has 11 heteroatoms. The van der Waals surface area contributed by atoms with Gasteiger partial charge in [-0.25, -0.2) is 0 Å². The predicted octanol–water partition coefficient (Wildman–Crippen LogP) is 4.94. The van der Waals surface area contributed by atoms with E-state index >= 15 is 0 Å². The van der Waals surface area contributed by atoms with Crippen LogP contribution >= 0.6 is 0 Å². The highest BCUT2D eigenvalue weighted by Gasteiger charge is 2.73. The maximum atomic E-state index is 13.8. The monoisotopic (exact) mass is 682 g/mol. The molecule has 5 aliphatic rings. The Morgan fingerprint density at radius 2 is 1.58 bits per heavy atom. The Kier molecular flexibility index (Phi) is 7.56. The van der Waals surface area contributed by atoms with Gasteiger partial charge < -0.3 is 29.2 Å². The summed E-state index contributed by atoms with van der Waals surface area (Å²) in [6, 6.07) is 9.55. The molecule has 50 heavy (non-hydrogen) atoms. The van der Waals surface area contributed by atoms with E-state index in [1.165, 1.54) is 51.0 Å². The molecule has 0 saturated heterocycles. The van der Waals surface area contributed by atoms with Crippen molar-refractivity contribution in [2.24, 2.45) is 17.8 Å². The number of hydrogen-bond donors (Lipinski definition) is 2. The van der Waals surface area contributed by atoms with Crippen molar-refractivity contribution >= 4 is 40.4 Å². The van der Waals surface area contributed by atoms with Gasteiger partial charge in [0, 0.05) is 25.8 Å². The van der Waals surface area contributed by atoms with E-state index in [4.69, 9.17) is 18.9 Å². The van der Waals surface area contributed by atoms with Crippen LogP contribution in [-0.4, -0.2) is 51.6 Å². The zero-order chi connectivity index (χ0) is 35.1. The van der Waals surface area contributed by atoms with E-state index in [9.17, 15) is 34.2 Å². The largest absolute Gasteiger partial charge is 0.481 e. The number of aliphatic hydroxyl groups is 1. The molecule has 5 atom stereocenters. The molecule has 3 aromatic rings. The number of carboxylic acid groups (broad SMARTS) is 1. The van der Waals surface area contributed by atoms with Crippen LogP contribution < -0.4 is 18.9 Å². The molecule has 1 heterocycles. The molecule has 1 unspecified atom stereocenters. The van der Waals surface area contributed by atoms with Crippen LogP contribution in [0.2, 0.25) is 0 Å². The van der Waals surface area contributed by atoms with Crippen molar-refractivity contribution in [2.75, 3.05) is 0 Å². The Labute approximate surface area is 287 Å². The molecule has 2 N–H and O–H groups in total. The first-order valence-electron chi connectivity index (χ1n) is 17.3. The van der Waals surface area contributed by atoms with Gasteiger partial charge in [0.25, 0.3) is 0 Å². The minimum Gasteiger partial charge on any atom is -0.481 e. The number of carbonyl (C=O) groups excluding carboxylic acids is 4. The number of Topliss-reactive ketones (excluding diaryl/α,β-unsaturated/α-hetero) is 1. The van der Waals surface area contributed by atoms with Gasteiger partial charge >= 0.3 is 23.9 Å². The fraction of sp³-hybridized carbons (Fsp3) is 0.462. The van der Waals surface area contributed by atoms with Crippen LogP contribution in [-0.2, 0) is 48.7 Å². The minimum atomic E-state index is -1.14. The summed E-state index contributed by atoms with van der Waals surface area (Å²) in [5.41, 5.74) is 0.442. The number of carboxylic acids is 1. The van der Waals surface area contributed by atoms with Gasteiger partial charge in [0.05, 0.1) is 23.9 Å². The number of benzene rings is 3. The smallest absolute Gasteiger partial charge is 0.315 e. The van der Waals surface area contributed by atoms with Crippen molar-refractivity contribution in [1.82, 2.24) is 0 Å². The van der Waals surface area contributed by atoms with Gasteiger partial charge in [0.2, 0.25) is 0 Å². The van der Waals surface area contributed by atoms with Crippen LogP contribution in [0.15, 0.2) is 36.4 Å². The Morgan fingerprint density at radius 1 is 0.900 bits per heavy atom. The van der Waals surface area contributed by atoms with Crippen molar-refractivity contribution < 1.29 is 53.1 Å². The van der Waals surface area contributed by atoms with Crippen LogP contribution in [0, 0.1) is 17.8 Å². The number of esters is 3. The molecule has 0 amide bonds. The molecule has 8 rings (SSSR count). The average Bonchev–Trinajstić information content (AvgIpc) is 3.76. The van der Waals surface area contributed by atoms with Crippen molar-refractivity contribution in [3.8, 4) is 23.0 Å². The maximum absolute atomic E-state index is 13.8. The first-order chi connectivity index (χ1) is 23.9. The van der Waals surface area contributed by atoms with Crippen molar-refractivity contribution in [3.63, 3.8) is 0 Å². The molecule has 2 bridgehead atoms. The van der Waals surface area contributed by atoms with Crippen LogP contribution in [0.25, 0.3) is 10.8 Å². The van der Waals surface area contributed by atoms with E-state index in [2.05, 4.69) is 0 Å². The topological polar surface area (TPSA) is 163 Å². The summed E-state index contributed by atoms with van der Waals surface area (Å²) in [5, 5.41) is 23.1. The number of hydrogen-bond acceptors (Lipinski definition) is 10. The molecule has 1 aliphatic heterocycles. The third-order valence-corrected chi connectivity index (χ3v) is 11.6. The molecule has 0 aromatic heterocycles. The predicted molar refractivity (Wildman–Crippen MR) is 176 cm³/mol. The Hall–Kier alpha value is -4.77. The first kappa shape index (κ1) is 32.4.